The van der Waals surface area contributed by atoms with Gasteiger partial charge >= 0.3 is 0 Å². The Bertz CT molecular complexity index is 999. The minimum atomic E-state index is -0.330. The summed E-state index contributed by atoms with van der Waals surface area (Å²) in [5.41, 5.74) is 7.91. The zero-order valence-electron chi connectivity index (χ0n) is 17.0. The van der Waals surface area contributed by atoms with Crippen LogP contribution in [0.4, 0.5) is 0 Å². The second kappa shape index (κ2) is 9.64. The van der Waals surface area contributed by atoms with Crippen LogP contribution in [0.1, 0.15) is 42.4 Å². The fraction of sp³-hybridized carbons (Fsp3) is 0.208. The van der Waals surface area contributed by atoms with Crippen LogP contribution in [0.2, 0.25) is 0 Å². The van der Waals surface area contributed by atoms with E-state index in [0.29, 0.717) is 11.6 Å². The first-order chi connectivity index (χ1) is 14.0. The van der Waals surface area contributed by atoms with Crippen molar-refractivity contribution in [2.45, 2.75) is 27.2 Å². The Morgan fingerprint density at radius 2 is 1.86 bits per heavy atom. The molecule has 148 valence electrons. The molecule has 0 atom stereocenters. The molecule has 0 saturated carbocycles. The number of rotatable bonds is 7. The fourth-order valence-corrected chi connectivity index (χ4v) is 2.97. The molecule has 0 bridgehead atoms. The molecule has 1 amide bonds. The molecule has 29 heavy (non-hydrogen) atoms. The lowest BCUT2D eigenvalue weighted by molar-refractivity contribution is 0.0950. The lowest BCUT2D eigenvalue weighted by Gasteiger charge is -2.05. The highest BCUT2D eigenvalue weighted by atomic mass is 16.2. The zero-order valence-corrected chi connectivity index (χ0v) is 17.0. The number of H-pyrrole nitrogens is 1. The van der Waals surface area contributed by atoms with Gasteiger partial charge in [-0.15, -0.1) is 0 Å². The molecule has 5 nitrogen and oxygen atoms in total. The molecule has 0 unspecified atom stereocenters. The van der Waals surface area contributed by atoms with Gasteiger partial charge in [-0.25, -0.2) is 5.43 Å². The third kappa shape index (κ3) is 6.01. The number of nitrogens with one attached hydrogen (secondary N) is 2. The molecule has 0 fully saturated rings. The number of aromatic amines is 1. The second-order valence-electron chi connectivity index (χ2n) is 7.46. The van der Waals surface area contributed by atoms with Crippen LogP contribution in [0, 0.1) is 5.92 Å². The van der Waals surface area contributed by atoms with Crippen molar-refractivity contribution in [3.8, 4) is 11.3 Å². The number of nitrogens with zero attached hydrogens (tertiary/aromatic N) is 2. The maximum Gasteiger partial charge on any atom is 0.289 e. The molecule has 0 aliphatic heterocycles. The third-order valence-corrected chi connectivity index (χ3v) is 4.34. The summed E-state index contributed by atoms with van der Waals surface area (Å²) in [6.07, 6.45) is 4.66. The maximum atomic E-state index is 12.3. The first-order valence-electron chi connectivity index (χ1n) is 9.73. The number of hydrazone groups is 1. The molecular weight excluding hydrogens is 360 g/mol. The maximum absolute atomic E-state index is 12.3. The molecular formula is C24H26N4O. The van der Waals surface area contributed by atoms with Crippen LogP contribution in [-0.4, -0.2) is 22.3 Å². The van der Waals surface area contributed by atoms with Gasteiger partial charge in [0.2, 0.25) is 0 Å². The zero-order chi connectivity index (χ0) is 20.6. The van der Waals surface area contributed by atoms with Crippen LogP contribution in [0.15, 0.2) is 71.3 Å². The van der Waals surface area contributed by atoms with Gasteiger partial charge in [-0.2, -0.15) is 10.2 Å². The van der Waals surface area contributed by atoms with Gasteiger partial charge in [0.1, 0.15) is 5.69 Å². The predicted molar refractivity (Wildman–Crippen MR) is 119 cm³/mol. The molecule has 2 N–H and O–H groups in total. The number of carbonyl (C=O) groups is 1. The average Bonchev–Trinajstić information content (AvgIpc) is 3.19. The van der Waals surface area contributed by atoms with Gasteiger partial charge in [-0.1, -0.05) is 74.5 Å². The minimum Gasteiger partial charge on any atom is -0.272 e. The summed E-state index contributed by atoms with van der Waals surface area (Å²) in [4.78, 5) is 12.3. The Labute approximate surface area is 171 Å². The molecule has 1 aromatic heterocycles. The van der Waals surface area contributed by atoms with Crippen LogP contribution in [0.25, 0.3) is 17.3 Å². The summed E-state index contributed by atoms with van der Waals surface area (Å²) in [6.45, 7) is 6.34. The van der Waals surface area contributed by atoms with Gasteiger partial charge in [0.25, 0.3) is 5.91 Å². The van der Waals surface area contributed by atoms with E-state index >= 15 is 0 Å². The SMILES string of the molecule is CC(C=NNC(=O)c1cc(-c2ccc(CC(C)C)cc2)n[nH]1)=Cc1ccccc1. The van der Waals surface area contributed by atoms with Gasteiger partial charge < -0.3 is 0 Å². The van der Waals surface area contributed by atoms with Crippen molar-refractivity contribution in [2.24, 2.45) is 11.0 Å². The Morgan fingerprint density at radius 1 is 1.14 bits per heavy atom. The van der Waals surface area contributed by atoms with E-state index in [-0.39, 0.29) is 5.91 Å². The van der Waals surface area contributed by atoms with E-state index in [9.17, 15) is 4.79 Å². The van der Waals surface area contributed by atoms with Crippen molar-refractivity contribution >= 4 is 18.2 Å². The van der Waals surface area contributed by atoms with Gasteiger partial charge in [0.05, 0.1) is 11.9 Å². The molecule has 3 rings (SSSR count). The van der Waals surface area contributed by atoms with Crippen molar-refractivity contribution in [1.29, 1.82) is 0 Å². The molecule has 2 aromatic carbocycles. The predicted octanol–water partition coefficient (Wildman–Crippen LogP) is 5.09. The van der Waals surface area contributed by atoms with Crippen LogP contribution >= 0.6 is 0 Å². The number of hydrogen-bond donors (Lipinski definition) is 2. The van der Waals surface area contributed by atoms with Crippen molar-refractivity contribution < 1.29 is 4.79 Å². The van der Waals surface area contributed by atoms with Crippen molar-refractivity contribution in [3.63, 3.8) is 0 Å². The summed E-state index contributed by atoms with van der Waals surface area (Å²) >= 11 is 0. The smallest absolute Gasteiger partial charge is 0.272 e. The fourth-order valence-electron chi connectivity index (χ4n) is 2.97. The molecule has 5 heteroatoms. The van der Waals surface area contributed by atoms with E-state index in [1.165, 1.54) is 5.56 Å². The van der Waals surface area contributed by atoms with Crippen molar-refractivity contribution in [2.75, 3.05) is 0 Å². The Hall–Kier alpha value is -3.47. The lowest BCUT2D eigenvalue weighted by atomic mass is 10.0. The molecule has 3 aromatic rings. The standard InChI is InChI=1S/C24H26N4O/c1-17(2)13-20-9-11-21(12-10-20)22-15-23(27-26-22)24(29)28-25-16-18(3)14-19-7-5-4-6-8-19/h4-12,14-17H,13H2,1-3H3,(H,26,27)(H,28,29). The first-order valence-corrected chi connectivity index (χ1v) is 9.73. The van der Waals surface area contributed by atoms with Crippen molar-refractivity contribution in [1.82, 2.24) is 15.6 Å². The highest BCUT2D eigenvalue weighted by Crippen LogP contribution is 2.19. The lowest BCUT2D eigenvalue weighted by Crippen LogP contribution is -2.17. The number of aromatic nitrogens is 2. The monoisotopic (exact) mass is 386 g/mol. The topological polar surface area (TPSA) is 70.1 Å². The summed E-state index contributed by atoms with van der Waals surface area (Å²) in [5, 5.41) is 11.1. The number of benzene rings is 2. The number of hydrogen-bond acceptors (Lipinski definition) is 3. The quantitative estimate of drug-likeness (QED) is 0.438. The number of amides is 1. The van der Waals surface area contributed by atoms with Gasteiger partial charge in [0.15, 0.2) is 0 Å². The first kappa shape index (κ1) is 20.3. The highest BCUT2D eigenvalue weighted by Gasteiger charge is 2.10. The van der Waals surface area contributed by atoms with E-state index in [0.717, 1.165) is 28.8 Å². The van der Waals surface area contributed by atoms with Gasteiger partial charge in [-0.3, -0.25) is 9.89 Å². The van der Waals surface area contributed by atoms with Gasteiger partial charge in [0, 0.05) is 5.56 Å². The van der Waals surface area contributed by atoms with Crippen molar-refractivity contribution in [3.05, 3.63) is 83.1 Å². The van der Waals surface area contributed by atoms with E-state index in [2.05, 4.69) is 46.7 Å². The van der Waals surface area contributed by atoms with E-state index < -0.39 is 0 Å². The van der Waals surface area contributed by atoms with E-state index in [4.69, 9.17) is 0 Å². The summed E-state index contributed by atoms with van der Waals surface area (Å²) in [6, 6.07) is 20.0. The normalized spacial score (nSPS) is 11.9. The minimum absolute atomic E-state index is 0.330. The van der Waals surface area contributed by atoms with Crippen LogP contribution in [0.5, 0.6) is 0 Å². The Balaban J connectivity index is 1.60. The molecule has 0 aliphatic carbocycles. The summed E-state index contributed by atoms with van der Waals surface area (Å²) in [7, 11) is 0. The third-order valence-electron chi connectivity index (χ3n) is 4.34. The Kier molecular flexibility index (Phi) is 6.74. The molecule has 0 aliphatic rings. The number of allylic oxidation sites excluding steroid dienone is 1. The van der Waals surface area contributed by atoms with E-state index in [1.807, 2.05) is 55.5 Å². The van der Waals surface area contributed by atoms with Crippen LogP contribution in [0.3, 0.4) is 0 Å². The van der Waals surface area contributed by atoms with Crippen LogP contribution < -0.4 is 5.43 Å². The molecule has 0 saturated heterocycles. The van der Waals surface area contributed by atoms with Gasteiger partial charge in [-0.05, 0) is 42.0 Å². The molecule has 1 heterocycles. The van der Waals surface area contributed by atoms with Crippen LogP contribution in [-0.2, 0) is 6.42 Å². The molecule has 0 spiro atoms. The summed E-state index contributed by atoms with van der Waals surface area (Å²) in [5.74, 6) is 0.289. The highest BCUT2D eigenvalue weighted by molar-refractivity contribution is 5.94. The average molecular weight is 386 g/mol. The second-order valence-corrected chi connectivity index (χ2v) is 7.46. The number of carbonyl (C=O) groups excluding carboxylic acids is 1. The van der Waals surface area contributed by atoms with E-state index in [1.54, 1.807) is 12.3 Å². The Morgan fingerprint density at radius 3 is 2.55 bits per heavy atom. The summed E-state index contributed by atoms with van der Waals surface area (Å²) < 4.78 is 0. The largest absolute Gasteiger partial charge is 0.289 e. The molecule has 0 radical (unpaired) electrons.